The Labute approximate surface area is 85.8 Å². The van der Waals surface area contributed by atoms with E-state index < -0.39 is 0 Å². The molecule has 1 aliphatic heterocycles. The number of nitrogens with one attached hydrogen (secondary N) is 1. The van der Waals surface area contributed by atoms with Crippen LogP contribution in [0.25, 0.3) is 0 Å². The second-order valence-electron chi connectivity index (χ2n) is 4.58. The van der Waals surface area contributed by atoms with E-state index in [1.807, 2.05) is 6.92 Å². The van der Waals surface area contributed by atoms with E-state index in [4.69, 9.17) is 5.84 Å². The highest BCUT2D eigenvalue weighted by Gasteiger charge is 2.27. The van der Waals surface area contributed by atoms with Crippen molar-refractivity contribution in [3.8, 4) is 0 Å². The molecule has 0 radical (unpaired) electrons. The monoisotopic (exact) mass is 199 g/mol. The van der Waals surface area contributed by atoms with Crippen molar-refractivity contribution in [3.63, 3.8) is 0 Å². The van der Waals surface area contributed by atoms with Crippen LogP contribution in [0.1, 0.15) is 20.8 Å². The van der Waals surface area contributed by atoms with Gasteiger partial charge in [0.2, 0.25) is 5.91 Å². The van der Waals surface area contributed by atoms with Crippen LogP contribution in [0.15, 0.2) is 0 Å². The van der Waals surface area contributed by atoms with Crippen molar-refractivity contribution in [1.82, 2.24) is 10.3 Å². The molecule has 1 rings (SSSR count). The van der Waals surface area contributed by atoms with Gasteiger partial charge in [-0.1, -0.05) is 20.8 Å². The molecule has 1 saturated heterocycles. The Balaban J connectivity index is 2.35. The zero-order valence-corrected chi connectivity index (χ0v) is 9.29. The number of likely N-dealkylation sites (tertiary alicyclic amines) is 1. The third-order valence-electron chi connectivity index (χ3n) is 3.19. The fourth-order valence-electron chi connectivity index (χ4n) is 2.01. The van der Waals surface area contributed by atoms with Crippen molar-refractivity contribution in [1.29, 1.82) is 0 Å². The molecule has 0 aromatic heterocycles. The van der Waals surface area contributed by atoms with Gasteiger partial charge in [-0.05, 0) is 11.8 Å². The molecule has 0 aromatic rings. The first-order valence-corrected chi connectivity index (χ1v) is 5.27. The van der Waals surface area contributed by atoms with Gasteiger partial charge in [0.05, 0.1) is 0 Å². The largest absolute Gasteiger partial charge is 0.302 e. The molecule has 82 valence electrons. The zero-order chi connectivity index (χ0) is 10.7. The molecule has 4 nitrogen and oxygen atoms in total. The van der Waals surface area contributed by atoms with Crippen LogP contribution >= 0.6 is 0 Å². The number of nitrogens with two attached hydrogens (primary N) is 1. The molecule has 3 atom stereocenters. The molecule has 3 N–H and O–H groups in total. The summed E-state index contributed by atoms with van der Waals surface area (Å²) in [5.74, 6) is 6.47. The molecule has 0 bridgehead atoms. The molecule has 4 heteroatoms. The summed E-state index contributed by atoms with van der Waals surface area (Å²) in [5.41, 5.74) is 2.20. The average molecular weight is 199 g/mol. The van der Waals surface area contributed by atoms with Gasteiger partial charge in [0, 0.05) is 25.6 Å². The van der Waals surface area contributed by atoms with Crippen LogP contribution in [-0.2, 0) is 4.79 Å². The summed E-state index contributed by atoms with van der Waals surface area (Å²) in [4.78, 5) is 13.5. The third kappa shape index (κ3) is 2.69. The highest BCUT2D eigenvalue weighted by molar-refractivity contribution is 5.77. The van der Waals surface area contributed by atoms with Crippen LogP contribution < -0.4 is 11.3 Å². The summed E-state index contributed by atoms with van der Waals surface area (Å²) in [5, 5.41) is 0. The number of hydrogen-bond acceptors (Lipinski definition) is 3. The standard InChI is InChI=1S/C10H21N3O/c1-7-4-13(5-8(7)2)6-9(3)10(14)12-11/h7-9H,4-6,11H2,1-3H3,(H,12,14). The summed E-state index contributed by atoms with van der Waals surface area (Å²) in [6.45, 7) is 9.46. The first-order valence-electron chi connectivity index (χ1n) is 5.27. The van der Waals surface area contributed by atoms with E-state index in [2.05, 4.69) is 24.2 Å². The van der Waals surface area contributed by atoms with E-state index in [0.717, 1.165) is 31.5 Å². The average Bonchev–Trinajstić information content (AvgIpc) is 2.44. The lowest BCUT2D eigenvalue weighted by Crippen LogP contribution is -2.40. The molecule has 1 heterocycles. The van der Waals surface area contributed by atoms with Crippen molar-refractivity contribution in [2.75, 3.05) is 19.6 Å². The smallest absolute Gasteiger partial charge is 0.237 e. The summed E-state index contributed by atoms with van der Waals surface area (Å²) >= 11 is 0. The van der Waals surface area contributed by atoms with Crippen LogP contribution in [0.4, 0.5) is 0 Å². The third-order valence-corrected chi connectivity index (χ3v) is 3.19. The number of amides is 1. The molecule has 0 aromatic carbocycles. The van der Waals surface area contributed by atoms with Gasteiger partial charge in [-0.25, -0.2) is 5.84 Å². The van der Waals surface area contributed by atoms with E-state index in [9.17, 15) is 4.79 Å². The summed E-state index contributed by atoms with van der Waals surface area (Å²) in [6.07, 6.45) is 0. The Bertz CT molecular complexity index is 198. The van der Waals surface area contributed by atoms with Gasteiger partial charge < -0.3 is 4.90 Å². The highest BCUT2D eigenvalue weighted by atomic mass is 16.2. The first-order chi connectivity index (χ1) is 6.54. The Morgan fingerprint density at radius 2 is 2.00 bits per heavy atom. The number of hydrazine groups is 1. The van der Waals surface area contributed by atoms with E-state index >= 15 is 0 Å². The van der Waals surface area contributed by atoms with Crippen LogP contribution in [0.3, 0.4) is 0 Å². The second kappa shape index (κ2) is 4.75. The van der Waals surface area contributed by atoms with Crippen molar-refractivity contribution in [2.24, 2.45) is 23.6 Å². The van der Waals surface area contributed by atoms with Gasteiger partial charge in [0.25, 0.3) is 0 Å². The normalized spacial score (nSPS) is 30.3. The van der Waals surface area contributed by atoms with E-state index in [-0.39, 0.29) is 11.8 Å². The van der Waals surface area contributed by atoms with Gasteiger partial charge in [-0.3, -0.25) is 10.2 Å². The van der Waals surface area contributed by atoms with Gasteiger partial charge in [0.15, 0.2) is 0 Å². The minimum absolute atomic E-state index is 0.0162. The maximum absolute atomic E-state index is 11.2. The lowest BCUT2D eigenvalue weighted by molar-refractivity contribution is -0.125. The Kier molecular flexibility index (Phi) is 3.89. The Morgan fingerprint density at radius 3 is 2.43 bits per heavy atom. The van der Waals surface area contributed by atoms with E-state index in [1.165, 1.54) is 0 Å². The van der Waals surface area contributed by atoms with Crippen LogP contribution in [0.2, 0.25) is 0 Å². The van der Waals surface area contributed by atoms with Gasteiger partial charge in [-0.2, -0.15) is 0 Å². The number of carbonyl (C=O) groups is 1. The Morgan fingerprint density at radius 1 is 1.50 bits per heavy atom. The molecule has 0 spiro atoms. The van der Waals surface area contributed by atoms with Crippen LogP contribution in [0.5, 0.6) is 0 Å². The summed E-state index contributed by atoms with van der Waals surface area (Å²) in [6, 6.07) is 0. The van der Waals surface area contributed by atoms with Crippen LogP contribution in [-0.4, -0.2) is 30.4 Å². The van der Waals surface area contributed by atoms with Crippen molar-refractivity contribution in [2.45, 2.75) is 20.8 Å². The van der Waals surface area contributed by atoms with Crippen LogP contribution in [0, 0.1) is 17.8 Å². The number of rotatable bonds is 3. The van der Waals surface area contributed by atoms with Crippen molar-refractivity contribution < 1.29 is 4.79 Å². The molecular formula is C10H21N3O. The molecule has 14 heavy (non-hydrogen) atoms. The maximum Gasteiger partial charge on any atom is 0.237 e. The minimum atomic E-state index is -0.0720. The zero-order valence-electron chi connectivity index (χ0n) is 9.29. The fourth-order valence-corrected chi connectivity index (χ4v) is 2.01. The SMILES string of the molecule is CC(CN1CC(C)C(C)C1)C(=O)NN. The second-order valence-corrected chi connectivity index (χ2v) is 4.58. The molecule has 0 saturated carbocycles. The summed E-state index contributed by atoms with van der Waals surface area (Å²) < 4.78 is 0. The number of nitrogens with zero attached hydrogens (tertiary/aromatic N) is 1. The van der Waals surface area contributed by atoms with Crippen molar-refractivity contribution >= 4 is 5.91 Å². The fraction of sp³-hybridized carbons (Fsp3) is 0.900. The lowest BCUT2D eigenvalue weighted by Gasteiger charge is -2.19. The lowest BCUT2D eigenvalue weighted by atomic mass is 10.0. The van der Waals surface area contributed by atoms with Gasteiger partial charge >= 0.3 is 0 Å². The predicted octanol–water partition coefficient (Wildman–Crippen LogP) is 0.200. The van der Waals surface area contributed by atoms with E-state index in [0.29, 0.717) is 0 Å². The molecule has 1 fully saturated rings. The maximum atomic E-state index is 11.2. The Hall–Kier alpha value is -0.610. The van der Waals surface area contributed by atoms with Crippen molar-refractivity contribution in [3.05, 3.63) is 0 Å². The molecule has 3 unspecified atom stereocenters. The predicted molar refractivity (Wildman–Crippen MR) is 56.3 cm³/mol. The van der Waals surface area contributed by atoms with Gasteiger partial charge in [-0.15, -0.1) is 0 Å². The first kappa shape index (κ1) is 11.5. The van der Waals surface area contributed by atoms with E-state index in [1.54, 1.807) is 0 Å². The number of hydrogen-bond donors (Lipinski definition) is 2. The summed E-state index contributed by atoms with van der Waals surface area (Å²) in [7, 11) is 0. The highest BCUT2D eigenvalue weighted by Crippen LogP contribution is 2.22. The quantitative estimate of drug-likeness (QED) is 0.388. The molecule has 1 aliphatic rings. The molecular weight excluding hydrogens is 178 g/mol. The molecule has 0 aliphatic carbocycles. The van der Waals surface area contributed by atoms with Gasteiger partial charge in [0.1, 0.15) is 0 Å². The minimum Gasteiger partial charge on any atom is -0.302 e. The molecule has 1 amide bonds. The number of carbonyl (C=O) groups excluding carboxylic acids is 1. The topological polar surface area (TPSA) is 58.4 Å².